The minimum Gasteiger partial charge on any atom is -0.0642 e. The highest BCUT2D eigenvalue weighted by atomic mass is 28.3. The maximum atomic E-state index is 2.53. The van der Waals surface area contributed by atoms with Gasteiger partial charge in [0.15, 0.2) is 8.07 Å². The molecule has 0 saturated heterocycles. The minimum atomic E-state index is -2.93. The van der Waals surface area contributed by atoms with Crippen LogP contribution < -0.4 is 20.7 Å². The van der Waals surface area contributed by atoms with Gasteiger partial charge in [-0.2, -0.15) is 0 Å². The van der Waals surface area contributed by atoms with E-state index in [0.29, 0.717) is 0 Å². The minimum absolute atomic E-state index is 0.0261. The highest BCUT2D eigenvalue weighted by molar-refractivity contribution is 7.20. The second-order valence-corrected chi connectivity index (χ2v) is 23.6. The van der Waals surface area contributed by atoms with Crippen LogP contribution in [0.25, 0.3) is 88.0 Å². The van der Waals surface area contributed by atoms with Crippen molar-refractivity contribution in [2.24, 2.45) is 0 Å². The van der Waals surface area contributed by atoms with E-state index in [-0.39, 0.29) is 5.41 Å². The third kappa shape index (κ3) is 6.95. The fourth-order valence-corrected chi connectivity index (χ4v) is 17.6. The zero-order valence-corrected chi connectivity index (χ0v) is 41.8. The lowest BCUT2D eigenvalue weighted by molar-refractivity contribution is 0.490. The predicted molar refractivity (Wildman–Crippen MR) is 311 cm³/mol. The first kappa shape index (κ1) is 43.6. The molecule has 0 radical (unpaired) electrons. The maximum absolute atomic E-state index is 2.93. The topological polar surface area (TPSA) is 0 Å². The molecule has 0 nitrogen and oxygen atoms in total. The van der Waals surface area contributed by atoms with Crippen LogP contribution in [0.4, 0.5) is 0 Å². The second kappa shape index (κ2) is 17.8. The van der Waals surface area contributed by atoms with Gasteiger partial charge in [0.2, 0.25) is 0 Å². The van der Waals surface area contributed by atoms with Crippen LogP contribution in [-0.2, 0) is 5.41 Å². The molecule has 13 rings (SSSR count). The normalized spacial score (nSPS) is 12.8. The highest BCUT2D eigenvalue weighted by Gasteiger charge is 2.42. The van der Waals surface area contributed by atoms with Crippen molar-refractivity contribution >= 4 is 61.1 Å². The molecule has 0 amide bonds. The first-order valence-corrected chi connectivity index (χ1v) is 27.7. The Kier molecular flexibility index (Phi) is 10.8. The summed E-state index contributed by atoms with van der Waals surface area (Å²) in [5.74, 6) is 0. The van der Waals surface area contributed by atoms with Crippen molar-refractivity contribution in [2.75, 3.05) is 0 Å². The van der Waals surface area contributed by atoms with Gasteiger partial charge in [0, 0.05) is 5.41 Å². The molecule has 0 saturated carbocycles. The van der Waals surface area contributed by atoms with E-state index in [0.717, 1.165) is 12.8 Å². The van der Waals surface area contributed by atoms with Gasteiger partial charge in [0.1, 0.15) is 0 Å². The van der Waals surface area contributed by atoms with Gasteiger partial charge >= 0.3 is 0 Å². The van der Waals surface area contributed by atoms with Crippen molar-refractivity contribution in [1.29, 1.82) is 0 Å². The smallest absolute Gasteiger partial charge is 0.0642 e. The van der Waals surface area contributed by atoms with E-state index in [1.54, 1.807) is 0 Å². The fourth-order valence-electron chi connectivity index (χ4n) is 12.7. The second-order valence-electron chi connectivity index (χ2n) is 19.8. The lowest BCUT2D eigenvalue weighted by Crippen LogP contribution is -2.74. The van der Waals surface area contributed by atoms with Crippen LogP contribution in [0.2, 0.25) is 0 Å². The number of hydrogen-bond acceptors (Lipinski definition) is 0. The van der Waals surface area contributed by atoms with Crippen molar-refractivity contribution in [1.82, 2.24) is 0 Å². The summed E-state index contributed by atoms with van der Waals surface area (Å²) in [5.41, 5.74) is 15.5. The molecule has 12 aromatic rings. The van der Waals surface area contributed by atoms with Gasteiger partial charge < -0.3 is 0 Å². The number of hydrogen-bond donors (Lipinski definition) is 0. The van der Waals surface area contributed by atoms with Gasteiger partial charge in [-0.15, -0.1) is 0 Å². The lowest BCUT2D eigenvalue weighted by Gasteiger charge is -2.35. The van der Waals surface area contributed by atoms with Gasteiger partial charge in [-0.05, 0) is 163 Å². The molecule has 12 aromatic carbocycles. The molecular weight excluding hydrogens is 881 g/mol. The summed E-state index contributed by atoms with van der Waals surface area (Å²) in [6, 6.07) is 101. The monoisotopic (exact) mass is 934 g/mol. The Morgan fingerprint density at radius 3 is 1.14 bits per heavy atom. The third-order valence-electron chi connectivity index (χ3n) is 16.3. The molecule has 0 unspecified atom stereocenters. The van der Waals surface area contributed by atoms with Crippen LogP contribution in [0.1, 0.15) is 37.8 Å². The Labute approximate surface area is 424 Å². The molecule has 0 fully saturated rings. The van der Waals surface area contributed by atoms with E-state index < -0.39 is 8.07 Å². The van der Waals surface area contributed by atoms with Crippen molar-refractivity contribution in [2.45, 2.75) is 32.1 Å². The zero-order chi connectivity index (χ0) is 48.2. The van der Waals surface area contributed by atoms with Crippen molar-refractivity contribution in [3.05, 3.63) is 278 Å². The molecule has 0 atom stereocenters. The fraction of sp³-hybridized carbons (Fsp3) is 0.0704. The van der Waals surface area contributed by atoms with E-state index in [1.165, 1.54) is 120 Å². The van der Waals surface area contributed by atoms with Gasteiger partial charge in [-0.1, -0.05) is 250 Å². The van der Waals surface area contributed by atoms with E-state index >= 15 is 0 Å². The van der Waals surface area contributed by atoms with Crippen LogP contribution in [0.5, 0.6) is 0 Å². The molecule has 0 spiro atoms. The maximum Gasteiger partial charge on any atom is 0.179 e. The summed E-state index contributed by atoms with van der Waals surface area (Å²) in [4.78, 5) is 0. The summed E-state index contributed by atoms with van der Waals surface area (Å²) in [7, 11) is -2.93. The summed E-state index contributed by atoms with van der Waals surface area (Å²) in [6.07, 6.45) is 2.15. The van der Waals surface area contributed by atoms with Gasteiger partial charge in [-0.25, -0.2) is 0 Å². The number of fused-ring (bicyclic) bond motifs is 9. The first-order valence-electron chi connectivity index (χ1n) is 25.7. The summed E-state index contributed by atoms with van der Waals surface area (Å²) >= 11 is 0. The number of benzene rings is 12. The molecule has 0 bridgehead atoms. The van der Waals surface area contributed by atoms with Gasteiger partial charge in [-0.3, -0.25) is 0 Å². The van der Waals surface area contributed by atoms with Gasteiger partial charge in [0.05, 0.1) is 0 Å². The van der Waals surface area contributed by atoms with Crippen LogP contribution in [0.3, 0.4) is 0 Å². The molecule has 342 valence electrons. The van der Waals surface area contributed by atoms with Crippen LogP contribution in [0.15, 0.2) is 267 Å². The third-order valence-corrected chi connectivity index (χ3v) is 21.0. The Bertz CT molecular complexity index is 3860. The molecule has 1 aliphatic carbocycles. The lowest BCUT2D eigenvalue weighted by atomic mass is 9.73. The Balaban J connectivity index is 1.01. The first-order chi connectivity index (χ1) is 35.6. The number of rotatable bonds is 10. The Morgan fingerprint density at radius 1 is 0.250 bits per heavy atom. The van der Waals surface area contributed by atoms with Crippen LogP contribution in [0, 0.1) is 0 Å². The molecule has 1 aliphatic rings. The van der Waals surface area contributed by atoms with E-state index in [2.05, 4.69) is 281 Å². The summed E-state index contributed by atoms with van der Waals surface area (Å²) in [6.45, 7) is 4.71. The largest absolute Gasteiger partial charge is 0.179 e. The SMILES string of the molecule is CCC1(CC)c2ccccc2-c2ccc(-c3cccc(-c4cccc(-c5cc(-c6ccc7c8ccccc8c8ccccc8c7c6)cc([Si](c6ccccc6)(c6ccccc6)c6ccccc6)c5)c4)c3)cc21. The van der Waals surface area contributed by atoms with Crippen LogP contribution >= 0.6 is 0 Å². The molecule has 0 heterocycles. The Morgan fingerprint density at radius 2 is 0.625 bits per heavy atom. The molecule has 1 heteroatoms. The Hall–Kier alpha value is -8.36. The molecule has 72 heavy (non-hydrogen) atoms. The summed E-state index contributed by atoms with van der Waals surface area (Å²) < 4.78 is 0. The van der Waals surface area contributed by atoms with Crippen molar-refractivity contribution in [3.63, 3.8) is 0 Å². The van der Waals surface area contributed by atoms with Crippen LogP contribution in [-0.4, -0.2) is 8.07 Å². The van der Waals surface area contributed by atoms with E-state index in [9.17, 15) is 0 Å². The summed E-state index contributed by atoms with van der Waals surface area (Å²) in [5, 5.41) is 13.1. The molecule has 0 aliphatic heterocycles. The predicted octanol–water partition coefficient (Wildman–Crippen LogP) is 16.3. The highest BCUT2D eigenvalue weighted by Crippen LogP contribution is 2.53. The average molecular weight is 935 g/mol. The van der Waals surface area contributed by atoms with Crippen molar-refractivity contribution in [3.8, 4) is 55.6 Å². The quantitative estimate of drug-likeness (QED) is 0.0728. The molecule has 0 aromatic heterocycles. The molecule has 0 N–H and O–H groups in total. The van der Waals surface area contributed by atoms with E-state index in [4.69, 9.17) is 0 Å². The van der Waals surface area contributed by atoms with Crippen molar-refractivity contribution < 1.29 is 0 Å². The zero-order valence-electron chi connectivity index (χ0n) is 40.8. The van der Waals surface area contributed by atoms with Gasteiger partial charge in [0.25, 0.3) is 0 Å². The average Bonchev–Trinajstić information content (AvgIpc) is 3.75. The molecular formula is C71H54Si. The standard InChI is InChI=1S/C71H54Si/c1-3-71(4-2)69-37-19-18-36-66(69)67-41-39-54(48-70(67)71)51-24-20-22-49(42-51)50-23-21-25-52(43-50)55-44-56(53-38-40-65-63-34-15-14-32-61(63)62-33-16-17-35-64(62)68(65)47-53)46-60(45-55)72(57-26-8-5-9-27-57,58-28-10-6-11-29-58)59-30-12-7-13-31-59/h5-48H,3-4H2,1-2H3. The van der Waals surface area contributed by atoms with E-state index in [1.807, 2.05) is 0 Å².